The third-order valence-corrected chi connectivity index (χ3v) is 3.76. The molecule has 25 heavy (non-hydrogen) atoms. The van der Waals surface area contributed by atoms with Crippen molar-refractivity contribution in [3.8, 4) is 11.5 Å². The topological polar surface area (TPSA) is 47.6 Å². The minimum atomic E-state index is -0.553. The first-order valence-electron chi connectivity index (χ1n) is 8.77. The fourth-order valence-electron chi connectivity index (χ4n) is 2.49. The van der Waals surface area contributed by atoms with Crippen molar-refractivity contribution in [3.63, 3.8) is 0 Å². The molecule has 0 bridgehead atoms. The summed E-state index contributed by atoms with van der Waals surface area (Å²) in [5.74, 6) is 1.43. The van der Waals surface area contributed by atoms with Gasteiger partial charge < -0.3 is 14.8 Å². The zero-order valence-electron chi connectivity index (χ0n) is 15.4. The van der Waals surface area contributed by atoms with Crippen molar-refractivity contribution in [3.05, 3.63) is 59.7 Å². The van der Waals surface area contributed by atoms with Gasteiger partial charge in [0.2, 0.25) is 0 Å². The van der Waals surface area contributed by atoms with E-state index in [-0.39, 0.29) is 12.0 Å². The third-order valence-electron chi connectivity index (χ3n) is 3.76. The van der Waals surface area contributed by atoms with Crippen LogP contribution in [0.3, 0.4) is 0 Å². The number of benzene rings is 2. The highest BCUT2D eigenvalue weighted by Crippen LogP contribution is 2.20. The third kappa shape index (κ3) is 5.82. The Labute approximate surface area is 150 Å². The molecule has 4 nitrogen and oxygen atoms in total. The summed E-state index contributed by atoms with van der Waals surface area (Å²) in [7, 11) is 0. The summed E-state index contributed by atoms with van der Waals surface area (Å²) in [6, 6.07) is 15.6. The number of hydrogen-bond donors (Lipinski definition) is 1. The number of amides is 1. The van der Waals surface area contributed by atoms with Crippen LogP contribution in [0.2, 0.25) is 0 Å². The second-order valence-electron chi connectivity index (χ2n) is 6.25. The maximum Gasteiger partial charge on any atom is 0.261 e. The molecule has 1 N–H and O–H groups in total. The number of nitrogens with one attached hydrogen (secondary N) is 1. The van der Waals surface area contributed by atoms with E-state index in [1.165, 1.54) is 0 Å². The normalized spacial score (nSPS) is 11.9. The molecule has 1 atom stereocenters. The molecule has 0 saturated heterocycles. The average Bonchev–Trinajstić information content (AvgIpc) is 2.59. The van der Waals surface area contributed by atoms with E-state index < -0.39 is 6.10 Å². The number of carbonyl (C=O) groups excluding carboxylic acids is 1. The van der Waals surface area contributed by atoms with Gasteiger partial charge in [-0.1, -0.05) is 37.3 Å². The van der Waals surface area contributed by atoms with Gasteiger partial charge in [-0.2, -0.15) is 0 Å². The van der Waals surface area contributed by atoms with Gasteiger partial charge in [-0.3, -0.25) is 4.79 Å². The van der Waals surface area contributed by atoms with Crippen molar-refractivity contribution in [2.24, 2.45) is 0 Å². The van der Waals surface area contributed by atoms with Crippen LogP contribution in [0.1, 0.15) is 38.8 Å². The first-order chi connectivity index (χ1) is 12.0. The smallest absolute Gasteiger partial charge is 0.261 e. The lowest BCUT2D eigenvalue weighted by Crippen LogP contribution is -2.36. The first-order valence-corrected chi connectivity index (χ1v) is 8.77. The molecule has 0 radical (unpaired) electrons. The van der Waals surface area contributed by atoms with Crippen LogP contribution < -0.4 is 14.8 Å². The van der Waals surface area contributed by atoms with Gasteiger partial charge >= 0.3 is 0 Å². The summed E-state index contributed by atoms with van der Waals surface area (Å²) >= 11 is 0. The van der Waals surface area contributed by atoms with Crippen molar-refractivity contribution in [2.45, 2.75) is 52.9 Å². The van der Waals surface area contributed by atoms with E-state index in [4.69, 9.17) is 9.47 Å². The summed E-state index contributed by atoms with van der Waals surface area (Å²) in [6.07, 6.45) is 0.437. The Kier molecular flexibility index (Phi) is 6.87. The Morgan fingerprint density at radius 2 is 1.80 bits per heavy atom. The van der Waals surface area contributed by atoms with E-state index in [0.29, 0.717) is 6.54 Å². The lowest BCUT2D eigenvalue weighted by Gasteiger charge is -2.17. The highest BCUT2D eigenvalue weighted by atomic mass is 16.5. The average molecular weight is 341 g/mol. The van der Waals surface area contributed by atoms with Gasteiger partial charge in [-0.15, -0.1) is 0 Å². The summed E-state index contributed by atoms with van der Waals surface area (Å²) in [6.45, 7) is 8.25. The number of para-hydroxylation sites is 1. The number of rotatable bonds is 8. The molecule has 2 rings (SSSR count). The van der Waals surface area contributed by atoms with Crippen LogP contribution in [0.5, 0.6) is 11.5 Å². The van der Waals surface area contributed by atoms with Crippen LogP contribution in [-0.4, -0.2) is 18.1 Å². The Balaban J connectivity index is 1.91. The van der Waals surface area contributed by atoms with E-state index in [2.05, 4.69) is 12.2 Å². The van der Waals surface area contributed by atoms with E-state index in [1.807, 2.05) is 62.4 Å². The van der Waals surface area contributed by atoms with E-state index in [0.717, 1.165) is 29.0 Å². The molecule has 0 saturated carbocycles. The maximum absolute atomic E-state index is 12.3. The molecule has 2 aromatic rings. The lowest BCUT2D eigenvalue weighted by atomic mass is 10.1. The fourth-order valence-corrected chi connectivity index (χ4v) is 2.49. The van der Waals surface area contributed by atoms with Crippen LogP contribution >= 0.6 is 0 Å². The maximum atomic E-state index is 12.3. The number of ether oxygens (including phenoxy) is 2. The zero-order valence-corrected chi connectivity index (χ0v) is 15.4. The number of hydrogen-bond acceptors (Lipinski definition) is 3. The zero-order chi connectivity index (χ0) is 18.2. The molecule has 0 spiro atoms. The van der Waals surface area contributed by atoms with Gasteiger partial charge in [0.25, 0.3) is 5.91 Å². The molecule has 0 aliphatic heterocycles. The highest BCUT2D eigenvalue weighted by molar-refractivity contribution is 5.80. The van der Waals surface area contributed by atoms with Crippen molar-refractivity contribution >= 4 is 5.91 Å². The van der Waals surface area contributed by atoms with E-state index >= 15 is 0 Å². The lowest BCUT2D eigenvalue weighted by molar-refractivity contribution is -0.127. The molecule has 4 heteroatoms. The Hall–Kier alpha value is -2.49. The van der Waals surface area contributed by atoms with Crippen molar-refractivity contribution < 1.29 is 14.3 Å². The molecular formula is C21H27NO3. The van der Waals surface area contributed by atoms with Crippen LogP contribution in [0.25, 0.3) is 0 Å². The van der Waals surface area contributed by atoms with Crippen LogP contribution in [0, 0.1) is 0 Å². The summed E-state index contributed by atoms with van der Waals surface area (Å²) in [4.78, 5) is 12.3. The molecule has 134 valence electrons. The predicted molar refractivity (Wildman–Crippen MR) is 100.0 cm³/mol. The first kappa shape index (κ1) is 18.8. The van der Waals surface area contributed by atoms with Crippen molar-refractivity contribution in [1.82, 2.24) is 5.32 Å². The molecule has 0 fully saturated rings. The van der Waals surface area contributed by atoms with Crippen LogP contribution in [-0.2, 0) is 17.8 Å². The van der Waals surface area contributed by atoms with Crippen molar-refractivity contribution in [2.75, 3.05) is 0 Å². The molecule has 0 heterocycles. The second kappa shape index (κ2) is 9.11. The molecular weight excluding hydrogens is 314 g/mol. The van der Waals surface area contributed by atoms with Crippen molar-refractivity contribution in [1.29, 1.82) is 0 Å². The SMILES string of the molecule is CCc1ccccc1O[C@@H](C)C(=O)NCc1cccc(OC(C)C)c1. The molecule has 1 amide bonds. The van der Waals surface area contributed by atoms with Crippen LogP contribution in [0.15, 0.2) is 48.5 Å². The van der Waals surface area contributed by atoms with Gasteiger partial charge in [0.05, 0.1) is 6.10 Å². The minimum Gasteiger partial charge on any atom is -0.491 e. The summed E-state index contributed by atoms with van der Waals surface area (Å²) < 4.78 is 11.5. The Morgan fingerprint density at radius 1 is 1.04 bits per heavy atom. The van der Waals surface area contributed by atoms with Gasteiger partial charge in [0.1, 0.15) is 11.5 Å². The minimum absolute atomic E-state index is 0.122. The Bertz CT molecular complexity index is 697. The quantitative estimate of drug-likeness (QED) is 0.786. The largest absolute Gasteiger partial charge is 0.491 e. The monoisotopic (exact) mass is 341 g/mol. The highest BCUT2D eigenvalue weighted by Gasteiger charge is 2.15. The molecule has 0 aliphatic carbocycles. The summed E-state index contributed by atoms with van der Waals surface area (Å²) in [5, 5.41) is 2.92. The second-order valence-corrected chi connectivity index (χ2v) is 6.25. The Morgan fingerprint density at radius 3 is 2.52 bits per heavy atom. The number of carbonyl (C=O) groups is 1. The molecule has 0 aromatic heterocycles. The van der Waals surface area contributed by atoms with Gasteiger partial charge in [0.15, 0.2) is 6.10 Å². The fraction of sp³-hybridized carbons (Fsp3) is 0.381. The number of aryl methyl sites for hydroxylation is 1. The van der Waals surface area contributed by atoms with E-state index in [9.17, 15) is 4.79 Å². The standard InChI is InChI=1S/C21H27NO3/c1-5-18-10-6-7-12-20(18)25-16(4)21(23)22-14-17-9-8-11-19(13-17)24-15(2)3/h6-13,15-16H,5,14H2,1-4H3,(H,22,23)/t16-/m0/s1. The van der Waals surface area contributed by atoms with Crippen LogP contribution in [0.4, 0.5) is 0 Å². The van der Waals surface area contributed by atoms with Gasteiger partial charge in [-0.05, 0) is 56.5 Å². The van der Waals surface area contributed by atoms with Gasteiger partial charge in [-0.25, -0.2) is 0 Å². The summed E-state index contributed by atoms with van der Waals surface area (Å²) in [5.41, 5.74) is 2.09. The van der Waals surface area contributed by atoms with E-state index in [1.54, 1.807) is 6.92 Å². The van der Waals surface area contributed by atoms with Gasteiger partial charge in [0, 0.05) is 6.54 Å². The predicted octanol–water partition coefficient (Wildman–Crippen LogP) is 4.12. The molecule has 2 aromatic carbocycles. The molecule has 0 unspecified atom stereocenters. The molecule has 0 aliphatic rings.